The Bertz CT molecular complexity index is 6860. The number of allylic oxidation sites excluding steroid dienone is 11. The second-order valence-electron chi connectivity index (χ2n) is 29.3. The molecule has 3 aliphatic rings. The molecular formula is C101H77Br8LiO5S10. The summed E-state index contributed by atoms with van der Waals surface area (Å²) < 4.78 is 24.1. The maximum Gasteiger partial charge on any atom is 1.00 e. The molecule has 0 bridgehead atoms. The SMILES string of the molecule is Brc1c(Cc2ccccc2)sc2c(Br)c(CC3C=CC=CC3)sc12.Brc1sc2c(Br)c(Br)sc2c1Br.O=Cc1c(Cc2ccccc2)sc2c(C=O)c(CC3C=CC=CC3)sc12.O=Cc1ccccc1.OC(c1ccccc1)c1sc2c(Br)c(C(O)C3C=CC=CC3)sc2c1Br.[CH2-]CCC.[Li+].c1ccc2cc3c(cc2c1)sc1c2cc4ccccc4cc2sc31. The van der Waals surface area contributed by atoms with Gasteiger partial charge in [0.25, 0.3) is 0 Å². The van der Waals surface area contributed by atoms with Gasteiger partial charge in [0, 0.05) is 84.1 Å². The number of benzene rings is 8. The van der Waals surface area contributed by atoms with E-state index in [1.165, 1.54) is 106 Å². The first-order valence-electron chi connectivity index (χ1n) is 39.8. The minimum absolute atomic E-state index is 0. The number of hydrogen-bond acceptors (Lipinski definition) is 15. The van der Waals surface area contributed by atoms with Gasteiger partial charge in [-0.1, -0.05) is 256 Å². The van der Waals surface area contributed by atoms with Crippen molar-refractivity contribution in [3.05, 3.63) is 371 Å². The second kappa shape index (κ2) is 45.8. The zero-order valence-electron chi connectivity index (χ0n) is 67.3. The molecular weight excluding hydrogens is 2260 g/mol. The van der Waals surface area contributed by atoms with Crippen LogP contribution in [0.5, 0.6) is 0 Å². The molecule has 24 heteroatoms. The summed E-state index contributed by atoms with van der Waals surface area (Å²) in [5.41, 5.74) is 5.68. The van der Waals surface area contributed by atoms with Gasteiger partial charge in [0.05, 0.1) is 88.3 Å². The van der Waals surface area contributed by atoms with E-state index < -0.39 is 12.2 Å². The van der Waals surface area contributed by atoms with Gasteiger partial charge in [-0.25, -0.2) is 0 Å². The standard InChI is InChI=1S/C22H18O2S2.C22H12S2.C20H16Br2O2S2.C20H16Br2S2.C7H6O.C6Br4S2.C4H9.Li/c23-13-17-19(11-15-7-3-1-4-8-15)25-22-18(14-24)20(26-21(17)22)12-16-9-5-2-6-10-16;1-3-7-15-11-19-17(9-13(15)5-1)21-22(23-19)18-10-14-6-2-4-8-16(14)12-20(18)24-21;21-13-17(15(23)11-7-3-1-4-8-11)25-20-14(22)18(26-19(13)20)16(24)12-9-5-2-6-10-12;21-17-15(11-13-7-3-1-4-8-13)23-20-18(22)16(24-19(17)20)12-14-9-5-2-6-10-14;8-6-7-4-2-1-3-5-7;7-1-3-4(12-5(1)9)2(8)6(10)11-3;1-3-4-2;/h1-9,13-14,16H,10-12H2;1-12H;1-9,12,15-16,23-24H,10H2;1-9,14H,10-12H2;1-6H;;1,3-4H2,2H3;/q;;;;;;-1;+1. The van der Waals surface area contributed by atoms with E-state index in [1.54, 1.807) is 80.2 Å². The van der Waals surface area contributed by atoms with Gasteiger partial charge >= 0.3 is 18.9 Å². The van der Waals surface area contributed by atoms with Gasteiger partial charge in [-0.3, -0.25) is 14.4 Å². The van der Waals surface area contributed by atoms with Crippen LogP contribution in [-0.4, -0.2) is 29.1 Å². The van der Waals surface area contributed by atoms with E-state index in [1.807, 2.05) is 124 Å². The molecule has 18 aromatic rings. The Morgan fingerprint density at radius 1 is 0.384 bits per heavy atom. The summed E-state index contributed by atoms with van der Waals surface area (Å²) in [6, 6.07) is 66.3. The molecule has 8 aromatic carbocycles. The summed E-state index contributed by atoms with van der Waals surface area (Å²) in [4.78, 5) is 40.5. The van der Waals surface area contributed by atoms with Crippen LogP contribution in [0.2, 0.25) is 0 Å². The molecule has 125 heavy (non-hydrogen) atoms. The van der Waals surface area contributed by atoms with Crippen molar-refractivity contribution in [2.75, 3.05) is 0 Å². The van der Waals surface area contributed by atoms with Crippen LogP contribution in [-0.2, 0) is 25.7 Å². The Morgan fingerprint density at radius 3 is 1.22 bits per heavy atom. The van der Waals surface area contributed by atoms with Crippen molar-refractivity contribution in [2.45, 2.75) is 76.9 Å². The number of aldehydes is 3. The predicted molar refractivity (Wildman–Crippen MR) is 574 cm³/mol. The monoisotopic (exact) mass is 2330 g/mol. The first-order chi connectivity index (χ1) is 60.4. The van der Waals surface area contributed by atoms with E-state index in [0.717, 1.165) is 156 Å². The average Bonchev–Trinajstić information content (AvgIpc) is 1.57. The predicted octanol–water partition coefficient (Wildman–Crippen LogP) is 34.1. The molecule has 0 fully saturated rings. The largest absolute Gasteiger partial charge is 1.00 e. The van der Waals surface area contributed by atoms with Gasteiger partial charge in [0.15, 0.2) is 12.6 Å². The van der Waals surface area contributed by atoms with Crippen LogP contribution in [0.25, 0.3) is 88.7 Å². The number of unbranched alkanes of at least 4 members (excludes halogenated alkanes) is 1. The molecule has 0 spiro atoms. The smallest absolute Gasteiger partial charge is 0.387 e. The fourth-order valence-electron chi connectivity index (χ4n) is 14.5. The van der Waals surface area contributed by atoms with E-state index in [0.29, 0.717) is 11.8 Å². The number of rotatable bonds is 16. The number of aliphatic hydroxyl groups excluding tert-OH is 2. The van der Waals surface area contributed by atoms with E-state index in [2.05, 4.69) is 317 Å². The molecule has 0 aliphatic heterocycles. The van der Waals surface area contributed by atoms with Crippen molar-refractivity contribution in [1.29, 1.82) is 0 Å². The zero-order valence-corrected chi connectivity index (χ0v) is 88.2. The van der Waals surface area contributed by atoms with Gasteiger partial charge in [0.2, 0.25) is 0 Å². The second-order valence-corrected chi connectivity index (χ2v) is 47.4. The molecule has 0 saturated carbocycles. The van der Waals surface area contributed by atoms with Gasteiger partial charge in [-0.2, -0.15) is 6.42 Å². The summed E-state index contributed by atoms with van der Waals surface area (Å²) in [7, 11) is 0. The topological polar surface area (TPSA) is 91.7 Å². The Hall–Kier alpha value is -5.09. The van der Waals surface area contributed by atoms with Crippen molar-refractivity contribution < 1.29 is 43.5 Å². The molecule has 21 rings (SSSR count). The minimum Gasteiger partial charge on any atom is -0.387 e. The number of halogens is 8. The Balaban J connectivity index is 0.000000124. The zero-order chi connectivity index (χ0) is 86.5. The van der Waals surface area contributed by atoms with Crippen molar-refractivity contribution in [3.63, 3.8) is 0 Å². The quantitative estimate of drug-likeness (QED) is 0.0571. The van der Waals surface area contributed by atoms with Crippen LogP contribution in [0.15, 0.2) is 301 Å². The van der Waals surface area contributed by atoms with Crippen LogP contribution >= 0.6 is 241 Å². The van der Waals surface area contributed by atoms with Crippen molar-refractivity contribution in [2.24, 2.45) is 17.8 Å². The molecule has 0 saturated heterocycles. The van der Waals surface area contributed by atoms with E-state index in [-0.39, 0.29) is 24.8 Å². The maximum absolute atomic E-state index is 11.8. The number of hydrogen-bond donors (Lipinski definition) is 2. The van der Waals surface area contributed by atoms with Gasteiger partial charge in [0.1, 0.15) is 12.4 Å². The number of aliphatic hydroxyl groups is 2. The van der Waals surface area contributed by atoms with E-state index in [9.17, 15) is 24.6 Å². The Kier molecular flexibility index (Phi) is 35.2. The van der Waals surface area contributed by atoms with Crippen LogP contribution in [0.4, 0.5) is 0 Å². The number of fused-ring (bicyclic) bond motifs is 11. The fraction of sp³-hybridized carbons (Fsp3) is 0.149. The molecule has 0 amide bonds. The maximum atomic E-state index is 11.8. The van der Waals surface area contributed by atoms with Gasteiger partial charge in [-0.05, 0) is 234 Å². The molecule has 5 nitrogen and oxygen atoms in total. The summed E-state index contributed by atoms with van der Waals surface area (Å²) >= 11 is 46.7. The van der Waals surface area contributed by atoms with Crippen molar-refractivity contribution in [3.8, 4) is 0 Å². The van der Waals surface area contributed by atoms with Crippen molar-refractivity contribution >= 4 is 348 Å². The van der Waals surface area contributed by atoms with Crippen molar-refractivity contribution in [1.82, 2.24) is 0 Å². The summed E-state index contributed by atoms with van der Waals surface area (Å²) in [6.07, 6.45) is 36.1. The first-order valence-corrected chi connectivity index (χ1v) is 54.3. The van der Waals surface area contributed by atoms with Gasteiger partial charge < -0.3 is 17.1 Å². The number of carbonyl (C=O) groups is 3. The summed E-state index contributed by atoms with van der Waals surface area (Å²) in [5.74, 6) is 1.15. The van der Waals surface area contributed by atoms with Crippen LogP contribution < -0.4 is 18.9 Å². The number of carbonyl (C=O) groups excluding carboxylic acids is 3. The third-order valence-corrected chi connectivity index (χ3v) is 44.4. The fourth-order valence-corrected chi connectivity index (χ4v) is 34.4. The molecule has 2 N–H and O–H groups in total. The third-order valence-electron chi connectivity index (χ3n) is 20.9. The molecule has 5 unspecified atom stereocenters. The number of thiophene rings is 10. The first kappa shape index (κ1) is 96.0. The van der Waals surface area contributed by atoms with Crippen LogP contribution in [0.1, 0.15) is 128 Å². The Morgan fingerprint density at radius 2 is 0.768 bits per heavy atom. The van der Waals surface area contributed by atoms with E-state index in [4.69, 9.17) is 0 Å². The van der Waals surface area contributed by atoms with Gasteiger partial charge in [-0.15, -0.1) is 113 Å². The molecule has 10 aromatic heterocycles. The molecule has 3 aliphatic carbocycles. The van der Waals surface area contributed by atoms with E-state index >= 15 is 0 Å². The Labute approximate surface area is 846 Å². The third kappa shape index (κ3) is 22.6. The summed E-state index contributed by atoms with van der Waals surface area (Å²) in [5, 5.41) is 29.7. The molecule has 0 radical (unpaired) electrons. The average molecular weight is 2340 g/mol. The summed E-state index contributed by atoms with van der Waals surface area (Å²) in [6.45, 7) is 5.72. The molecule has 5 atom stereocenters. The van der Waals surface area contributed by atoms with Crippen LogP contribution in [0.3, 0.4) is 0 Å². The molecule has 628 valence electrons. The minimum atomic E-state index is -0.665. The normalized spacial score (nSPS) is 14.8. The van der Waals surface area contributed by atoms with Crippen LogP contribution in [0, 0.1) is 24.7 Å². The molecule has 10 heterocycles.